The average Bonchev–Trinajstić information content (AvgIpc) is 2.82. The van der Waals surface area contributed by atoms with E-state index in [1.54, 1.807) is 7.05 Å². The molecule has 0 saturated carbocycles. The standard InChI is InChI=1S/C26H32N4O3/c1-17-21(18(2)27-24-23(17)25(32)29(4)26(33)28(24)3)10-11-22(31)30-14-12-20(13-15-30)16-19-8-6-5-7-9-19/h5-9,20H,10-16H2,1-4H3. The maximum Gasteiger partial charge on any atom is 0.332 e. The van der Waals surface area contributed by atoms with Crippen molar-refractivity contribution in [1.29, 1.82) is 0 Å². The molecule has 1 saturated heterocycles. The van der Waals surface area contributed by atoms with Crippen LogP contribution >= 0.6 is 0 Å². The predicted molar refractivity (Wildman–Crippen MR) is 129 cm³/mol. The Balaban J connectivity index is 1.44. The van der Waals surface area contributed by atoms with Crippen LogP contribution in [0.2, 0.25) is 0 Å². The van der Waals surface area contributed by atoms with Gasteiger partial charge in [-0.3, -0.25) is 18.7 Å². The van der Waals surface area contributed by atoms with Gasteiger partial charge >= 0.3 is 5.69 Å². The highest BCUT2D eigenvalue weighted by Crippen LogP contribution is 2.24. The van der Waals surface area contributed by atoms with Gasteiger partial charge in [0.05, 0.1) is 5.39 Å². The molecule has 1 aliphatic rings. The van der Waals surface area contributed by atoms with E-state index in [0.29, 0.717) is 29.8 Å². The first-order valence-corrected chi connectivity index (χ1v) is 11.7. The lowest BCUT2D eigenvalue weighted by atomic mass is 9.90. The summed E-state index contributed by atoms with van der Waals surface area (Å²) < 4.78 is 2.52. The molecule has 2 aromatic heterocycles. The minimum absolute atomic E-state index is 0.153. The molecule has 4 rings (SSSR count). The van der Waals surface area contributed by atoms with Crippen molar-refractivity contribution in [3.63, 3.8) is 0 Å². The lowest BCUT2D eigenvalue weighted by Crippen LogP contribution is -2.39. The molecule has 0 radical (unpaired) electrons. The van der Waals surface area contributed by atoms with Gasteiger partial charge in [-0.15, -0.1) is 0 Å². The van der Waals surface area contributed by atoms with Gasteiger partial charge in [-0.05, 0) is 62.1 Å². The predicted octanol–water partition coefficient (Wildman–Crippen LogP) is 2.66. The van der Waals surface area contributed by atoms with Crippen LogP contribution in [0.4, 0.5) is 0 Å². The fourth-order valence-electron chi connectivity index (χ4n) is 5.03. The summed E-state index contributed by atoms with van der Waals surface area (Å²) >= 11 is 0. The third kappa shape index (κ3) is 4.49. The van der Waals surface area contributed by atoms with E-state index in [2.05, 4.69) is 29.2 Å². The number of pyridine rings is 1. The third-order valence-electron chi connectivity index (χ3n) is 7.09. The van der Waals surface area contributed by atoms with Gasteiger partial charge < -0.3 is 4.90 Å². The maximum atomic E-state index is 12.9. The third-order valence-corrected chi connectivity index (χ3v) is 7.09. The van der Waals surface area contributed by atoms with Gasteiger partial charge in [0.15, 0.2) is 0 Å². The van der Waals surface area contributed by atoms with Crippen LogP contribution in [0.1, 0.15) is 41.6 Å². The number of carbonyl (C=O) groups excluding carboxylic acids is 1. The van der Waals surface area contributed by atoms with Crippen LogP contribution in [-0.2, 0) is 31.7 Å². The van der Waals surface area contributed by atoms with Gasteiger partial charge in [0, 0.05) is 39.3 Å². The van der Waals surface area contributed by atoms with Crippen molar-refractivity contribution in [2.75, 3.05) is 13.1 Å². The number of hydrogen-bond donors (Lipinski definition) is 0. The zero-order valence-electron chi connectivity index (χ0n) is 19.9. The molecule has 0 spiro atoms. The molecule has 0 N–H and O–H groups in total. The zero-order valence-corrected chi connectivity index (χ0v) is 19.9. The van der Waals surface area contributed by atoms with Gasteiger partial charge in [-0.25, -0.2) is 9.78 Å². The van der Waals surface area contributed by atoms with Crippen molar-refractivity contribution < 1.29 is 4.79 Å². The van der Waals surface area contributed by atoms with Crippen LogP contribution in [0, 0.1) is 19.8 Å². The molecule has 0 bridgehead atoms. The Morgan fingerprint density at radius 2 is 1.70 bits per heavy atom. The molecule has 0 aliphatic carbocycles. The van der Waals surface area contributed by atoms with Crippen molar-refractivity contribution in [2.45, 2.75) is 46.0 Å². The first kappa shape index (κ1) is 23.0. The van der Waals surface area contributed by atoms with Crippen LogP contribution in [0.25, 0.3) is 11.0 Å². The van der Waals surface area contributed by atoms with E-state index < -0.39 is 5.69 Å². The minimum atomic E-state index is -0.391. The fourth-order valence-corrected chi connectivity index (χ4v) is 5.03. The number of aryl methyl sites for hydroxylation is 3. The summed E-state index contributed by atoms with van der Waals surface area (Å²) in [6.45, 7) is 5.36. The lowest BCUT2D eigenvalue weighted by Gasteiger charge is -2.32. The van der Waals surface area contributed by atoms with E-state index in [-0.39, 0.29) is 11.5 Å². The molecular formula is C26H32N4O3. The van der Waals surface area contributed by atoms with Crippen molar-refractivity contribution in [2.24, 2.45) is 20.0 Å². The van der Waals surface area contributed by atoms with Crippen molar-refractivity contribution in [3.8, 4) is 0 Å². The Labute approximate surface area is 193 Å². The number of piperidine rings is 1. The highest BCUT2D eigenvalue weighted by molar-refractivity contribution is 5.81. The van der Waals surface area contributed by atoms with E-state index >= 15 is 0 Å². The largest absolute Gasteiger partial charge is 0.343 e. The van der Waals surface area contributed by atoms with Gasteiger partial charge in [0.2, 0.25) is 5.91 Å². The van der Waals surface area contributed by atoms with Crippen LogP contribution in [0.5, 0.6) is 0 Å². The number of carbonyl (C=O) groups is 1. The molecule has 0 atom stereocenters. The summed E-state index contributed by atoms with van der Waals surface area (Å²) in [5.74, 6) is 0.772. The molecule has 7 nitrogen and oxygen atoms in total. The summed E-state index contributed by atoms with van der Waals surface area (Å²) in [7, 11) is 3.11. The topological polar surface area (TPSA) is 77.2 Å². The first-order chi connectivity index (χ1) is 15.8. The molecule has 174 valence electrons. The number of nitrogens with zero attached hydrogens (tertiary/aromatic N) is 4. The zero-order chi connectivity index (χ0) is 23.7. The number of hydrogen-bond acceptors (Lipinski definition) is 4. The quantitative estimate of drug-likeness (QED) is 0.601. The van der Waals surface area contributed by atoms with E-state index in [9.17, 15) is 14.4 Å². The van der Waals surface area contributed by atoms with E-state index in [1.165, 1.54) is 17.2 Å². The second-order valence-corrected chi connectivity index (χ2v) is 9.22. The Morgan fingerprint density at radius 1 is 1.03 bits per heavy atom. The molecule has 33 heavy (non-hydrogen) atoms. The van der Waals surface area contributed by atoms with Crippen LogP contribution in [0.15, 0.2) is 39.9 Å². The Morgan fingerprint density at radius 3 is 2.36 bits per heavy atom. The Kier molecular flexibility index (Phi) is 6.49. The van der Waals surface area contributed by atoms with Gasteiger partial charge in [-0.1, -0.05) is 30.3 Å². The summed E-state index contributed by atoms with van der Waals surface area (Å²) in [5, 5.41) is 0.453. The minimum Gasteiger partial charge on any atom is -0.343 e. The highest BCUT2D eigenvalue weighted by atomic mass is 16.2. The fraction of sp³-hybridized carbons (Fsp3) is 0.462. The van der Waals surface area contributed by atoms with Crippen LogP contribution in [-0.4, -0.2) is 38.0 Å². The number of rotatable bonds is 5. The smallest absolute Gasteiger partial charge is 0.332 e. The van der Waals surface area contributed by atoms with Gasteiger partial charge in [0.1, 0.15) is 5.65 Å². The monoisotopic (exact) mass is 448 g/mol. The SMILES string of the molecule is Cc1nc2c(c(C)c1CCC(=O)N1CCC(Cc3ccccc3)CC1)c(=O)n(C)c(=O)n2C. The van der Waals surface area contributed by atoms with E-state index in [1.807, 2.05) is 24.8 Å². The molecule has 0 unspecified atom stereocenters. The summed E-state index contributed by atoms with van der Waals surface area (Å²) in [4.78, 5) is 44.5. The number of benzene rings is 1. The maximum absolute atomic E-state index is 12.9. The number of aromatic nitrogens is 3. The highest BCUT2D eigenvalue weighted by Gasteiger charge is 2.24. The molecule has 1 fully saturated rings. The first-order valence-electron chi connectivity index (χ1n) is 11.7. The van der Waals surface area contributed by atoms with Gasteiger partial charge in [-0.2, -0.15) is 0 Å². The molecule has 3 heterocycles. The molecule has 3 aromatic rings. The molecule has 1 amide bonds. The number of likely N-dealkylation sites (tertiary alicyclic amines) is 1. The Hall–Kier alpha value is -3.22. The molecule has 7 heteroatoms. The molecule has 1 aromatic carbocycles. The molecule has 1 aliphatic heterocycles. The van der Waals surface area contributed by atoms with Gasteiger partial charge in [0.25, 0.3) is 5.56 Å². The molecular weight excluding hydrogens is 416 g/mol. The summed E-state index contributed by atoms with van der Waals surface area (Å²) in [6.07, 6.45) is 4.06. The summed E-state index contributed by atoms with van der Waals surface area (Å²) in [6, 6.07) is 10.5. The Bertz CT molecular complexity index is 1300. The normalized spacial score (nSPS) is 14.7. The van der Waals surface area contributed by atoms with Crippen LogP contribution in [0.3, 0.4) is 0 Å². The van der Waals surface area contributed by atoms with Crippen molar-refractivity contribution in [3.05, 3.63) is 73.6 Å². The van der Waals surface area contributed by atoms with E-state index in [0.717, 1.165) is 53.7 Å². The average molecular weight is 449 g/mol. The van der Waals surface area contributed by atoms with Crippen molar-refractivity contribution in [1.82, 2.24) is 19.0 Å². The van der Waals surface area contributed by atoms with Crippen LogP contribution < -0.4 is 11.2 Å². The summed E-state index contributed by atoms with van der Waals surface area (Å²) in [5.41, 5.74) is 3.52. The number of amides is 1. The second kappa shape index (κ2) is 9.33. The second-order valence-electron chi connectivity index (χ2n) is 9.22. The van der Waals surface area contributed by atoms with Crippen molar-refractivity contribution >= 4 is 16.9 Å². The van der Waals surface area contributed by atoms with E-state index in [4.69, 9.17) is 0 Å². The lowest BCUT2D eigenvalue weighted by molar-refractivity contribution is -0.132. The number of fused-ring (bicyclic) bond motifs is 1.